The molecule has 0 aliphatic carbocycles. The lowest BCUT2D eigenvalue weighted by Gasteiger charge is -2.39. The molecule has 1 aromatic carbocycles. The van der Waals surface area contributed by atoms with Gasteiger partial charge < -0.3 is 5.32 Å². The minimum atomic E-state index is 0.615. The summed E-state index contributed by atoms with van der Waals surface area (Å²) in [6, 6.07) is 12.1. The molecule has 0 amide bonds. The second-order valence-electron chi connectivity index (χ2n) is 5.42. The van der Waals surface area contributed by atoms with Gasteiger partial charge in [-0.15, -0.1) is 0 Å². The molecule has 3 unspecified atom stereocenters. The van der Waals surface area contributed by atoms with Gasteiger partial charge in [0.2, 0.25) is 0 Å². The molecule has 2 heteroatoms. The van der Waals surface area contributed by atoms with Crippen LogP contribution in [0.5, 0.6) is 0 Å². The highest BCUT2D eigenvalue weighted by Crippen LogP contribution is 2.18. The third kappa shape index (κ3) is 3.30. The fourth-order valence-electron chi connectivity index (χ4n) is 2.59. The summed E-state index contributed by atoms with van der Waals surface area (Å²) >= 11 is 0. The van der Waals surface area contributed by atoms with Gasteiger partial charge in [-0.25, -0.2) is 0 Å². The van der Waals surface area contributed by atoms with Crippen molar-refractivity contribution < 1.29 is 0 Å². The third-order valence-corrected chi connectivity index (χ3v) is 3.77. The van der Waals surface area contributed by atoms with E-state index in [9.17, 15) is 0 Å². The predicted octanol–water partition coefficient (Wildman–Crippen LogP) is 2.47. The Kier molecular flexibility index (Phi) is 4.19. The smallest absolute Gasteiger partial charge is 0.0193 e. The van der Waals surface area contributed by atoms with E-state index in [4.69, 9.17) is 0 Å². The van der Waals surface area contributed by atoms with Crippen molar-refractivity contribution in [2.45, 2.75) is 38.8 Å². The van der Waals surface area contributed by atoms with Crippen molar-refractivity contribution in [3.63, 3.8) is 0 Å². The maximum Gasteiger partial charge on any atom is 0.0193 e. The molecule has 2 rings (SSSR count). The third-order valence-electron chi connectivity index (χ3n) is 3.77. The van der Waals surface area contributed by atoms with Gasteiger partial charge in [0, 0.05) is 31.7 Å². The van der Waals surface area contributed by atoms with Crippen LogP contribution in [-0.4, -0.2) is 36.6 Å². The standard InChI is InChI=1S/C15H24N2/c1-12(15-7-5-4-6-8-15)10-17-11-13(2)16-9-14(17)3/h4-8,12-14,16H,9-11H2,1-3H3. The van der Waals surface area contributed by atoms with Gasteiger partial charge in [0.25, 0.3) is 0 Å². The van der Waals surface area contributed by atoms with Gasteiger partial charge in [-0.1, -0.05) is 37.3 Å². The Hall–Kier alpha value is -0.860. The van der Waals surface area contributed by atoms with E-state index >= 15 is 0 Å². The van der Waals surface area contributed by atoms with Crippen molar-refractivity contribution in [1.82, 2.24) is 10.2 Å². The molecule has 0 saturated carbocycles. The van der Waals surface area contributed by atoms with E-state index in [1.165, 1.54) is 12.1 Å². The topological polar surface area (TPSA) is 15.3 Å². The summed E-state index contributed by atoms with van der Waals surface area (Å²) in [5, 5.41) is 3.53. The molecule has 1 aliphatic rings. The van der Waals surface area contributed by atoms with Crippen LogP contribution in [0.3, 0.4) is 0 Å². The number of nitrogens with zero attached hydrogens (tertiary/aromatic N) is 1. The maximum atomic E-state index is 3.53. The van der Waals surface area contributed by atoms with Gasteiger partial charge >= 0.3 is 0 Å². The van der Waals surface area contributed by atoms with Gasteiger partial charge in [-0.3, -0.25) is 4.90 Å². The normalized spacial score (nSPS) is 27.9. The lowest BCUT2D eigenvalue weighted by molar-refractivity contribution is 0.140. The molecular weight excluding hydrogens is 208 g/mol. The molecule has 0 bridgehead atoms. The first-order valence-electron chi connectivity index (χ1n) is 6.69. The van der Waals surface area contributed by atoms with Gasteiger partial charge in [-0.2, -0.15) is 0 Å². The maximum absolute atomic E-state index is 3.53. The molecule has 1 heterocycles. The zero-order valence-corrected chi connectivity index (χ0v) is 11.2. The van der Waals surface area contributed by atoms with Crippen molar-refractivity contribution in [1.29, 1.82) is 0 Å². The molecule has 1 N–H and O–H groups in total. The quantitative estimate of drug-likeness (QED) is 0.861. The Bertz CT molecular complexity index is 336. The molecule has 2 nitrogen and oxygen atoms in total. The Morgan fingerprint density at radius 1 is 1.29 bits per heavy atom. The molecule has 1 aromatic rings. The molecule has 1 fully saturated rings. The van der Waals surface area contributed by atoms with Crippen LogP contribution in [-0.2, 0) is 0 Å². The summed E-state index contributed by atoms with van der Waals surface area (Å²) in [6.45, 7) is 10.4. The molecular formula is C15H24N2. The Balaban J connectivity index is 1.96. The molecule has 1 saturated heterocycles. The number of hydrogen-bond acceptors (Lipinski definition) is 2. The monoisotopic (exact) mass is 232 g/mol. The van der Waals surface area contributed by atoms with Crippen LogP contribution < -0.4 is 5.32 Å². The number of piperazine rings is 1. The van der Waals surface area contributed by atoms with Gasteiger partial charge in [0.15, 0.2) is 0 Å². The number of hydrogen-bond donors (Lipinski definition) is 1. The summed E-state index contributed by atoms with van der Waals surface area (Å²) < 4.78 is 0. The highest BCUT2D eigenvalue weighted by molar-refractivity contribution is 5.19. The van der Waals surface area contributed by atoms with E-state index in [0.717, 1.165) is 13.1 Å². The highest BCUT2D eigenvalue weighted by Gasteiger charge is 2.23. The Morgan fingerprint density at radius 3 is 2.71 bits per heavy atom. The van der Waals surface area contributed by atoms with Crippen LogP contribution in [0.25, 0.3) is 0 Å². The molecule has 3 atom stereocenters. The molecule has 0 aromatic heterocycles. The van der Waals surface area contributed by atoms with Crippen LogP contribution in [0, 0.1) is 0 Å². The van der Waals surface area contributed by atoms with Crippen molar-refractivity contribution in [2.24, 2.45) is 0 Å². The Morgan fingerprint density at radius 2 is 2.00 bits per heavy atom. The summed E-state index contributed by atoms with van der Waals surface area (Å²) in [5.41, 5.74) is 1.45. The fourth-order valence-corrected chi connectivity index (χ4v) is 2.59. The zero-order valence-electron chi connectivity index (χ0n) is 11.2. The van der Waals surface area contributed by atoms with Crippen molar-refractivity contribution in [2.75, 3.05) is 19.6 Å². The molecule has 0 spiro atoms. The minimum absolute atomic E-state index is 0.615. The first-order chi connectivity index (χ1) is 8.16. The average molecular weight is 232 g/mol. The number of benzene rings is 1. The van der Waals surface area contributed by atoms with E-state index in [2.05, 4.69) is 61.3 Å². The number of rotatable bonds is 3. The largest absolute Gasteiger partial charge is 0.311 e. The van der Waals surface area contributed by atoms with Crippen molar-refractivity contribution >= 4 is 0 Å². The molecule has 17 heavy (non-hydrogen) atoms. The fraction of sp³-hybridized carbons (Fsp3) is 0.600. The van der Waals surface area contributed by atoms with Gasteiger partial charge in [0.1, 0.15) is 0 Å². The lowest BCUT2D eigenvalue weighted by Crippen LogP contribution is -2.54. The molecule has 0 radical (unpaired) electrons. The first-order valence-corrected chi connectivity index (χ1v) is 6.69. The molecule has 1 aliphatic heterocycles. The number of nitrogens with one attached hydrogen (secondary N) is 1. The summed E-state index contributed by atoms with van der Waals surface area (Å²) in [6.07, 6.45) is 0. The van der Waals surface area contributed by atoms with E-state index < -0.39 is 0 Å². The Labute approximate surface area is 105 Å². The van der Waals surface area contributed by atoms with E-state index in [1.807, 2.05) is 0 Å². The lowest BCUT2D eigenvalue weighted by atomic mass is 9.99. The zero-order chi connectivity index (χ0) is 12.3. The van der Waals surface area contributed by atoms with Crippen LogP contribution >= 0.6 is 0 Å². The highest BCUT2D eigenvalue weighted by atomic mass is 15.2. The van der Waals surface area contributed by atoms with Crippen LogP contribution in [0.15, 0.2) is 30.3 Å². The van der Waals surface area contributed by atoms with E-state index in [0.29, 0.717) is 18.0 Å². The van der Waals surface area contributed by atoms with Gasteiger partial charge in [-0.05, 0) is 25.3 Å². The SMILES string of the molecule is CC1CN(CC(C)c2ccccc2)C(C)CN1. The van der Waals surface area contributed by atoms with E-state index in [1.54, 1.807) is 0 Å². The minimum Gasteiger partial charge on any atom is -0.311 e. The predicted molar refractivity (Wildman–Crippen MR) is 73.4 cm³/mol. The summed E-state index contributed by atoms with van der Waals surface area (Å²) in [5.74, 6) is 0.615. The first kappa shape index (κ1) is 12.6. The van der Waals surface area contributed by atoms with Gasteiger partial charge in [0.05, 0.1) is 0 Å². The average Bonchev–Trinajstić information content (AvgIpc) is 2.35. The molecule has 94 valence electrons. The summed E-state index contributed by atoms with van der Waals surface area (Å²) in [7, 11) is 0. The van der Waals surface area contributed by atoms with E-state index in [-0.39, 0.29) is 0 Å². The van der Waals surface area contributed by atoms with Crippen molar-refractivity contribution in [3.05, 3.63) is 35.9 Å². The second kappa shape index (κ2) is 5.65. The van der Waals surface area contributed by atoms with Crippen LogP contribution in [0.1, 0.15) is 32.3 Å². The van der Waals surface area contributed by atoms with Crippen LogP contribution in [0.2, 0.25) is 0 Å². The second-order valence-corrected chi connectivity index (χ2v) is 5.42. The summed E-state index contributed by atoms with van der Waals surface area (Å²) in [4.78, 5) is 2.61. The van der Waals surface area contributed by atoms with Crippen molar-refractivity contribution in [3.8, 4) is 0 Å². The van der Waals surface area contributed by atoms with Crippen LogP contribution in [0.4, 0.5) is 0 Å².